The van der Waals surface area contributed by atoms with Gasteiger partial charge in [-0.15, -0.1) is 0 Å². The highest BCUT2D eigenvalue weighted by Gasteiger charge is 2.07. The molecular formula is C6H12IN. The second kappa shape index (κ2) is 3.45. The number of rotatable bonds is 2. The molecule has 8 heavy (non-hydrogen) atoms. The lowest BCUT2D eigenvalue weighted by atomic mass is 10.1. The van der Waals surface area contributed by atoms with E-state index in [1.165, 1.54) is 0 Å². The van der Waals surface area contributed by atoms with Gasteiger partial charge in [0.25, 0.3) is 0 Å². The monoisotopic (exact) mass is 225 g/mol. The number of hydrogen-bond acceptors (Lipinski definition) is 1. The molecule has 0 aliphatic rings. The largest absolute Gasteiger partial charge is 0.327 e. The van der Waals surface area contributed by atoms with E-state index in [1.807, 2.05) is 6.92 Å². The fourth-order valence-electron chi connectivity index (χ4n) is 0.285. The van der Waals surface area contributed by atoms with Gasteiger partial charge in [0.1, 0.15) is 0 Å². The van der Waals surface area contributed by atoms with Gasteiger partial charge < -0.3 is 5.73 Å². The average Bonchev–Trinajstić information content (AvgIpc) is 1.64. The molecule has 2 atom stereocenters. The van der Waals surface area contributed by atoms with Crippen molar-refractivity contribution in [2.75, 3.05) is 0 Å². The first kappa shape index (κ1) is 8.43. The summed E-state index contributed by atoms with van der Waals surface area (Å²) in [5.74, 6) is 0.440. The first-order chi connectivity index (χ1) is 3.55. The van der Waals surface area contributed by atoms with E-state index < -0.39 is 0 Å². The zero-order valence-corrected chi connectivity index (χ0v) is 7.47. The average molecular weight is 225 g/mol. The molecule has 0 saturated carbocycles. The van der Waals surface area contributed by atoms with Crippen molar-refractivity contribution < 1.29 is 0 Å². The first-order valence-electron chi connectivity index (χ1n) is 2.65. The Morgan fingerprint density at radius 2 is 2.00 bits per heavy atom. The van der Waals surface area contributed by atoms with Crippen LogP contribution in [0.5, 0.6) is 0 Å². The molecule has 0 fully saturated rings. The van der Waals surface area contributed by atoms with Crippen molar-refractivity contribution in [3.8, 4) is 0 Å². The third kappa shape index (κ3) is 2.67. The maximum Gasteiger partial charge on any atom is 0.00809 e. The van der Waals surface area contributed by atoms with Crippen molar-refractivity contribution in [1.82, 2.24) is 0 Å². The Hall–Kier alpha value is 0.430. The highest BCUT2D eigenvalue weighted by molar-refractivity contribution is 14.1. The summed E-state index contributed by atoms with van der Waals surface area (Å²) in [6.45, 7) is 7.86. The molecule has 0 saturated heterocycles. The highest BCUT2D eigenvalue weighted by atomic mass is 127. The fourth-order valence-corrected chi connectivity index (χ4v) is 0.852. The van der Waals surface area contributed by atoms with Crippen molar-refractivity contribution in [3.05, 3.63) is 10.2 Å². The van der Waals surface area contributed by atoms with Crippen molar-refractivity contribution in [3.63, 3.8) is 0 Å². The first-order valence-corrected chi connectivity index (χ1v) is 3.73. The van der Waals surface area contributed by atoms with Crippen LogP contribution in [0.1, 0.15) is 13.8 Å². The minimum absolute atomic E-state index is 0.236. The molecular weight excluding hydrogens is 213 g/mol. The van der Waals surface area contributed by atoms with Gasteiger partial charge in [0.2, 0.25) is 0 Å². The van der Waals surface area contributed by atoms with Crippen LogP contribution in [0.25, 0.3) is 0 Å². The Morgan fingerprint density at radius 1 is 1.62 bits per heavy atom. The van der Waals surface area contributed by atoms with E-state index in [0.29, 0.717) is 5.92 Å². The maximum atomic E-state index is 5.57. The van der Waals surface area contributed by atoms with Crippen LogP contribution in [0.2, 0.25) is 0 Å². The Kier molecular flexibility index (Phi) is 3.64. The Bertz CT molecular complexity index is 88.5. The number of halogens is 1. The summed E-state index contributed by atoms with van der Waals surface area (Å²) in [5.41, 5.74) is 5.57. The van der Waals surface area contributed by atoms with E-state index in [2.05, 4.69) is 36.1 Å². The molecule has 0 aromatic carbocycles. The molecule has 0 bridgehead atoms. The predicted octanol–water partition coefficient (Wildman–Crippen LogP) is 1.92. The smallest absolute Gasteiger partial charge is 0.00809 e. The summed E-state index contributed by atoms with van der Waals surface area (Å²) in [6, 6.07) is 0.236. The SMILES string of the molecule is C=C(I)C(C)C(C)N. The quantitative estimate of drug-likeness (QED) is 0.714. The summed E-state index contributed by atoms with van der Waals surface area (Å²) in [6.07, 6.45) is 0. The standard InChI is InChI=1S/C6H12IN/c1-4(5(2)7)6(3)8/h4,6H,2,8H2,1,3H3. The zero-order valence-electron chi connectivity index (χ0n) is 5.32. The summed E-state index contributed by atoms with van der Waals surface area (Å²) >= 11 is 2.21. The van der Waals surface area contributed by atoms with Gasteiger partial charge in [-0.25, -0.2) is 0 Å². The minimum Gasteiger partial charge on any atom is -0.327 e. The van der Waals surface area contributed by atoms with Crippen LogP contribution in [0.3, 0.4) is 0 Å². The van der Waals surface area contributed by atoms with Crippen molar-refractivity contribution in [2.45, 2.75) is 19.9 Å². The molecule has 0 radical (unpaired) electrons. The lowest BCUT2D eigenvalue weighted by molar-refractivity contribution is 0.580. The van der Waals surface area contributed by atoms with Crippen LogP contribution in [-0.2, 0) is 0 Å². The van der Waals surface area contributed by atoms with Crippen LogP contribution in [-0.4, -0.2) is 6.04 Å². The third-order valence-electron chi connectivity index (χ3n) is 1.28. The van der Waals surface area contributed by atoms with E-state index in [-0.39, 0.29) is 6.04 Å². The molecule has 0 rings (SSSR count). The molecule has 0 aromatic heterocycles. The number of nitrogens with two attached hydrogens (primary N) is 1. The molecule has 1 nitrogen and oxygen atoms in total. The summed E-state index contributed by atoms with van der Waals surface area (Å²) in [4.78, 5) is 0. The highest BCUT2D eigenvalue weighted by Crippen LogP contribution is 2.17. The van der Waals surface area contributed by atoms with Gasteiger partial charge in [-0.2, -0.15) is 0 Å². The second-order valence-electron chi connectivity index (χ2n) is 2.09. The Balaban J connectivity index is 3.64. The van der Waals surface area contributed by atoms with E-state index in [4.69, 9.17) is 5.73 Å². The van der Waals surface area contributed by atoms with E-state index in [1.54, 1.807) is 0 Å². The van der Waals surface area contributed by atoms with E-state index in [9.17, 15) is 0 Å². The molecule has 48 valence electrons. The molecule has 0 aliphatic carbocycles. The van der Waals surface area contributed by atoms with Crippen LogP contribution in [0.4, 0.5) is 0 Å². The zero-order chi connectivity index (χ0) is 6.73. The van der Waals surface area contributed by atoms with Crippen LogP contribution in [0, 0.1) is 5.92 Å². The van der Waals surface area contributed by atoms with Gasteiger partial charge in [0.05, 0.1) is 0 Å². The minimum atomic E-state index is 0.236. The molecule has 0 spiro atoms. The summed E-state index contributed by atoms with van der Waals surface area (Å²) in [5, 5.41) is 0. The van der Waals surface area contributed by atoms with Gasteiger partial charge >= 0.3 is 0 Å². The topological polar surface area (TPSA) is 26.0 Å². The predicted molar refractivity (Wildman–Crippen MR) is 46.0 cm³/mol. The van der Waals surface area contributed by atoms with Crippen molar-refractivity contribution >= 4 is 22.6 Å². The van der Waals surface area contributed by atoms with E-state index in [0.717, 1.165) is 3.58 Å². The lowest BCUT2D eigenvalue weighted by Crippen LogP contribution is -2.23. The second-order valence-corrected chi connectivity index (χ2v) is 3.48. The molecule has 0 aromatic rings. The molecule has 2 unspecified atom stereocenters. The Morgan fingerprint density at radius 3 is 2.00 bits per heavy atom. The van der Waals surface area contributed by atoms with E-state index >= 15 is 0 Å². The fraction of sp³-hybridized carbons (Fsp3) is 0.667. The van der Waals surface area contributed by atoms with Gasteiger partial charge in [-0.3, -0.25) is 0 Å². The van der Waals surface area contributed by atoms with Gasteiger partial charge in [0.15, 0.2) is 0 Å². The lowest BCUT2D eigenvalue weighted by Gasteiger charge is -2.12. The van der Waals surface area contributed by atoms with Gasteiger partial charge in [-0.1, -0.05) is 13.5 Å². The van der Waals surface area contributed by atoms with Crippen LogP contribution in [0.15, 0.2) is 10.2 Å². The summed E-state index contributed by atoms with van der Waals surface area (Å²) < 4.78 is 1.14. The van der Waals surface area contributed by atoms with Crippen molar-refractivity contribution in [2.24, 2.45) is 11.7 Å². The molecule has 2 N–H and O–H groups in total. The third-order valence-corrected chi connectivity index (χ3v) is 2.27. The molecule has 0 heterocycles. The van der Waals surface area contributed by atoms with Crippen LogP contribution < -0.4 is 5.73 Å². The maximum absolute atomic E-state index is 5.57. The van der Waals surface area contributed by atoms with Crippen LogP contribution >= 0.6 is 22.6 Å². The van der Waals surface area contributed by atoms with Crippen molar-refractivity contribution in [1.29, 1.82) is 0 Å². The van der Waals surface area contributed by atoms with Gasteiger partial charge in [-0.05, 0) is 33.1 Å². The molecule has 0 amide bonds. The molecule has 0 aliphatic heterocycles. The Labute approximate surface area is 64.5 Å². The normalized spacial score (nSPS) is 17.5. The number of hydrogen-bond donors (Lipinski definition) is 1. The summed E-state index contributed by atoms with van der Waals surface area (Å²) in [7, 11) is 0. The van der Waals surface area contributed by atoms with Gasteiger partial charge in [0, 0.05) is 12.0 Å². The molecule has 2 heteroatoms.